The number of halogens is 2. The number of hydrogen-bond donors (Lipinski definition) is 3. The van der Waals surface area contributed by atoms with Gasteiger partial charge in [-0.15, -0.1) is 0 Å². The van der Waals surface area contributed by atoms with Gasteiger partial charge in [0.05, 0.1) is 25.5 Å². The van der Waals surface area contributed by atoms with Crippen LogP contribution in [0.5, 0.6) is 5.75 Å². The maximum Gasteiger partial charge on any atom is 0.242 e. The fourth-order valence-corrected chi connectivity index (χ4v) is 3.58. The van der Waals surface area contributed by atoms with Gasteiger partial charge in [0.1, 0.15) is 0 Å². The third-order valence-electron chi connectivity index (χ3n) is 3.69. The number of aromatic nitrogens is 3. The van der Waals surface area contributed by atoms with Gasteiger partial charge in [0, 0.05) is 5.75 Å². The van der Waals surface area contributed by atoms with E-state index in [0.29, 0.717) is 12.3 Å². The zero-order chi connectivity index (χ0) is 23.0. The lowest BCUT2D eigenvalue weighted by molar-refractivity contribution is 0.259. The van der Waals surface area contributed by atoms with Crippen LogP contribution in [0.4, 0.5) is 20.7 Å². The van der Waals surface area contributed by atoms with Gasteiger partial charge in [0.25, 0.3) is 0 Å². The van der Waals surface area contributed by atoms with Crippen molar-refractivity contribution in [2.75, 3.05) is 35.3 Å². The third-order valence-corrected chi connectivity index (χ3v) is 5.05. The number of hydrogen-bond acceptors (Lipinski definition) is 9. The molecule has 1 heterocycles. The second-order valence-corrected chi connectivity index (χ2v) is 9.85. The number of rotatable bonds is 12. The molecule has 0 saturated carbocycles. The molecule has 0 unspecified atom stereocenters. The summed E-state index contributed by atoms with van der Waals surface area (Å²) in [5.41, 5.74) is 0. The van der Waals surface area contributed by atoms with Crippen molar-refractivity contribution in [1.29, 1.82) is 0 Å². The highest BCUT2D eigenvalue weighted by atomic mass is 32.2. The van der Waals surface area contributed by atoms with Gasteiger partial charge in [-0.3, -0.25) is 4.72 Å². The number of sulfonamides is 1. The molecule has 1 aromatic heterocycles. The molecule has 2 aromatic rings. The lowest BCUT2D eigenvalue weighted by Crippen LogP contribution is -2.27. The average molecular weight is 478 g/mol. The highest BCUT2D eigenvalue weighted by molar-refractivity contribution is 7.99. The molecular weight excluding hydrogens is 452 g/mol. The summed E-state index contributed by atoms with van der Waals surface area (Å²) in [5.74, 6) is -1.80. The van der Waals surface area contributed by atoms with Crippen LogP contribution in [0.25, 0.3) is 0 Å². The third kappa shape index (κ3) is 8.79. The summed E-state index contributed by atoms with van der Waals surface area (Å²) < 4.78 is 57.4. The quantitative estimate of drug-likeness (QED) is 0.312. The number of thioether (sulfide) groups is 1. The highest BCUT2D eigenvalue weighted by Gasteiger charge is 2.15. The fraction of sp³-hybridized carbons (Fsp3) is 0.500. The van der Waals surface area contributed by atoms with Crippen molar-refractivity contribution in [2.24, 2.45) is 5.92 Å². The summed E-state index contributed by atoms with van der Waals surface area (Å²) in [4.78, 5) is 12.3. The molecule has 1 atom stereocenters. The number of ether oxygens (including phenoxy) is 1. The molecule has 31 heavy (non-hydrogen) atoms. The van der Waals surface area contributed by atoms with Crippen LogP contribution in [0.15, 0.2) is 23.4 Å². The van der Waals surface area contributed by atoms with E-state index in [1.54, 1.807) is 0 Å². The zero-order valence-electron chi connectivity index (χ0n) is 17.3. The Hall–Kier alpha value is -2.25. The number of nitrogens with one attached hydrogen (secondary N) is 2. The smallest absolute Gasteiger partial charge is 0.242 e. The number of benzene rings is 1. The summed E-state index contributed by atoms with van der Waals surface area (Å²) >= 11 is 1.11. The minimum Gasteiger partial charge on any atom is -0.490 e. The Morgan fingerprint density at radius 2 is 1.90 bits per heavy atom. The number of nitrogens with zero attached hydrogens (tertiary/aromatic N) is 3. The van der Waals surface area contributed by atoms with Crippen LogP contribution in [-0.2, 0) is 10.0 Å². The molecule has 0 bridgehead atoms. The van der Waals surface area contributed by atoms with Crippen molar-refractivity contribution in [3.63, 3.8) is 0 Å². The van der Waals surface area contributed by atoms with Crippen LogP contribution >= 0.6 is 11.8 Å². The molecule has 0 saturated heterocycles. The molecule has 0 aliphatic carbocycles. The lowest BCUT2D eigenvalue weighted by Gasteiger charge is -2.18. The Morgan fingerprint density at radius 3 is 2.55 bits per heavy atom. The highest BCUT2D eigenvalue weighted by Crippen LogP contribution is 2.21. The molecular formula is C18H25F2N5O4S2. The van der Waals surface area contributed by atoms with Gasteiger partial charge in [-0.2, -0.15) is 19.3 Å². The first-order chi connectivity index (χ1) is 14.6. The largest absolute Gasteiger partial charge is 0.490 e. The van der Waals surface area contributed by atoms with Gasteiger partial charge in [0.15, 0.2) is 16.7 Å². The lowest BCUT2D eigenvalue weighted by atomic mass is 10.0. The van der Waals surface area contributed by atoms with Gasteiger partial charge >= 0.3 is 0 Å². The van der Waals surface area contributed by atoms with E-state index in [4.69, 9.17) is 4.74 Å². The van der Waals surface area contributed by atoms with Crippen molar-refractivity contribution in [3.8, 4) is 5.75 Å². The molecule has 0 fully saturated rings. The predicted molar refractivity (Wildman–Crippen MR) is 115 cm³/mol. The fourth-order valence-electron chi connectivity index (χ4n) is 2.51. The number of anilines is 2. The Bertz CT molecular complexity index is 979. The maximum atomic E-state index is 13.6. The Balaban J connectivity index is 2.09. The van der Waals surface area contributed by atoms with Crippen molar-refractivity contribution in [2.45, 2.75) is 31.5 Å². The molecule has 0 spiro atoms. The van der Waals surface area contributed by atoms with Crippen LogP contribution in [-0.4, -0.2) is 59.7 Å². The summed E-state index contributed by atoms with van der Waals surface area (Å²) in [6.07, 6.45) is 1.61. The molecule has 3 N–H and O–H groups in total. The first-order valence-corrected chi connectivity index (χ1v) is 12.3. The normalized spacial score (nSPS) is 12.6. The van der Waals surface area contributed by atoms with E-state index < -0.39 is 21.7 Å². The first-order valence-electron chi connectivity index (χ1n) is 9.38. The molecule has 172 valence electrons. The molecule has 1 aromatic carbocycles. The Labute approximate surface area is 184 Å². The molecule has 9 nitrogen and oxygen atoms in total. The van der Waals surface area contributed by atoms with Crippen LogP contribution in [0, 0.1) is 17.6 Å². The molecule has 0 aliphatic heterocycles. The summed E-state index contributed by atoms with van der Waals surface area (Å²) in [6.45, 7) is 3.86. The summed E-state index contributed by atoms with van der Waals surface area (Å²) in [5, 5.41) is 12.7. The Morgan fingerprint density at radius 1 is 1.19 bits per heavy atom. The molecule has 0 aliphatic rings. The van der Waals surface area contributed by atoms with E-state index >= 15 is 0 Å². The van der Waals surface area contributed by atoms with E-state index in [-0.39, 0.29) is 47.8 Å². The summed E-state index contributed by atoms with van der Waals surface area (Å²) in [7, 11) is -3.62. The van der Waals surface area contributed by atoms with E-state index in [1.165, 1.54) is 12.1 Å². The van der Waals surface area contributed by atoms with Gasteiger partial charge in [-0.05, 0) is 24.5 Å². The van der Waals surface area contributed by atoms with Gasteiger partial charge in [-0.25, -0.2) is 12.8 Å². The van der Waals surface area contributed by atoms with E-state index in [1.807, 2.05) is 13.8 Å². The maximum absolute atomic E-state index is 13.6. The van der Waals surface area contributed by atoms with Crippen LogP contribution in [0.3, 0.4) is 0 Å². The van der Waals surface area contributed by atoms with E-state index in [0.717, 1.165) is 24.1 Å². The van der Waals surface area contributed by atoms with Crippen molar-refractivity contribution < 1.29 is 27.0 Å². The van der Waals surface area contributed by atoms with Crippen molar-refractivity contribution in [3.05, 3.63) is 29.8 Å². The second-order valence-electron chi connectivity index (χ2n) is 7.04. The Kier molecular flexibility index (Phi) is 9.19. The van der Waals surface area contributed by atoms with E-state index in [9.17, 15) is 22.3 Å². The summed E-state index contributed by atoms with van der Waals surface area (Å²) in [6, 6.07) is 3.31. The zero-order valence-corrected chi connectivity index (χ0v) is 18.9. The standard InChI is InChI=1S/C18H25F2N5O4S2/c1-11(2)9-12(10-26)21-16-22-17(25-31(3,27)28)24-18(23-16)30-8-7-29-14-6-4-5-13(19)15(14)20/h4-6,11-12,26H,7-10H2,1-3H3,(H2,21,22,23,24,25)/t12-/m1/s1. The number of aliphatic hydroxyl groups is 1. The SMILES string of the molecule is CC(C)C[C@H](CO)Nc1nc(NS(C)(=O)=O)nc(SCCOc2cccc(F)c2F)n1. The van der Waals surface area contributed by atoms with Crippen molar-refractivity contribution >= 4 is 33.7 Å². The predicted octanol–water partition coefficient (Wildman–Crippen LogP) is 2.51. The van der Waals surface area contributed by atoms with Crippen LogP contribution in [0.2, 0.25) is 0 Å². The minimum absolute atomic E-state index is 0.0287. The monoisotopic (exact) mass is 477 g/mol. The van der Waals surface area contributed by atoms with Gasteiger partial charge in [0.2, 0.25) is 27.7 Å². The average Bonchev–Trinajstić information content (AvgIpc) is 2.66. The van der Waals surface area contributed by atoms with E-state index in [2.05, 4.69) is 25.0 Å². The molecule has 2 rings (SSSR count). The topological polar surface area (TPSA) is 126 Å². The van der Waals surface area contributed by atoms with Gasteiger partial charge < -0.3 is 15.2 Å². The van der Waals surface area contributed by atoms with Crippen molar-refractivity contribution in [1.82, 2.24) is 15.0 Å². The molecule has 0 amide bonds. The first kappa shape index (κ1) is 25.0. The molecule has 13 heteroatoms. The second kappa shape index (κ2) is 11.4. The van der Waals surface area contributed by atoms with Gasteiger partial charge in [-0.1, -0.05) is 31.7 Å². The molecule has 0 radical (unpaired) electrons. The minimum atomic E-state index is -3.62. The van der Waals surface area contributed by atoms with Crippen LogP contribution < -0.4 is 14.8 Å². The van der Waals surface area contributed by atoms with Crippen LogP contribution in [0.1, 0.15) is 20.3 Å². The number of aliphatic hydroxyl groups excluding tert-OH is 1.